The molecule has 0 saturated carbocycles. The van der Waals surface area contributed by atoms with Gasteiger partial charge in [-0.25, -0.2) is 4.98 Å². The average Bonchev–Trinajstić information content (AvgIpc) is 3.12. The van der Waals surface area contributed by atoms with Crippen LogP contribution < -0.4 is 0 Å². The molecule has 2 heterocycles. The van der Waals surface area contributed by atoms with Crippen LogP contribution in [0, 0.1) is 22.7 Å². The van der Waals surface area contributed by atoms with Crippen molar-refractivity contribution in [2.75, 3.05) is 0 Å². The number of pyridine rings is 1. The Hall–Kier alpha value is -4.41. The number of nitriles is 2. The molecule has 0 bridgehead atoms. The molecule has 0 aliphatic heterocycles. The molecule has 2 aromatic heterocycles. The van der Waals surface area contributed by atoms with Gasteiger partial charge in [-0.2, -0.15) is 10.5 Å². The van der Waals surface area contributed by atoms with E-state index in [1.54, 1.807) is 12.3 Å². The molecule has 0 fully saturated rings. The smallest absolute Gasteiger partial charge is 0.140 e. The van der Waals surface area contributed by atoms with E-state index in [0.29, 0.717) is 11.3 Å². The summed E-state index contributed by atoms with van der Waals surface area (Å²) >= 11 is 0. The van der Waals surface area contributed by atoms with Gasteiger partial charge >= 0.3 is 0 Å². The minimum absolute atomic E-state index is 0.395. The largest absolute Gasteiger partial charge is 0.309 e. The minimum Gasteiger partial charge on any atom is -0.309 e. The van der Waals surface area contributed by atoms with Crippen molar-refractivity contribution < 1.29 is 0 Å². The number of nitrogens with zero attached hydrogens (tertiary/aromatic N) is 4. The van der Waals surface area contributed by atoms with E-state index in [1.807, 2.05) is 48.5 Å². The number of para-hydroxylation sites is 2. The van der Waals surface area contributed by atoms with Crippen molar-refractivity contribution in [3.8, 4) is 29.0 Å². The summed E-state index contributed by atoms with van der Waals surface area (Å²) in [4.78, 5) is 4.24. The van der Waals surface area contributed by atoms with Gasteiger partial charge in [0.25, 0.3) is 0 Å². The van der Waals surface area contributed by atoms with E-state index in [9.17, 15) is 5.26 Å². The van der Waals surface area contributed by atoms with Gasteiger partial charge in [0.05, 0.1) is 28.4 Å². The van der Waals surface area contributed by atoms with E-state index in [0.717, 1.165) is 38.6 Å². The van der Waals surface area contributed by atoms with Crippen LogP contribution in [-0.4, -0.2) is 9.55 Å². The maximum atomic E-state index is 9.34. The van der Waals surface area contributed by atoms with Crippen molar-refractivity contribution in [3.05, 3.63) is 96.3 Å². The molecule has 0 N–H and O–H groups in total. The second kappa shape index (κ2) is 6.64. The van der Waals surface area contributed by atoms with Crippen LogP contribution in [0.3, 0.4) is 0 Å². The van der Waals surface area contributed by atoms with Gasteiger partial charge in [0, 0.05) is 28.1 Å². The van der Waals surface area contributed by atoms with Gasteiger partial charge in [-0.05, 0) is 42.5 Å². The van der Waals surface area contributed by atoms with Crippen LogP contribution in [0.1, 0.15) is 11.3 Å². The Morgan fingerprint density at radius 2 is 1.52 bits per heavy atom. The third-order valence-corrected chi connectivity index (χ3v) is 5.14. The summed E-state index contributed by atoms with van der Waals surface area (Å²) < 4.78 is 2.22. The Bertz CT molecular complexity index is 1460. The maximum absolute atomic E-state index is 9.34. The first-order valence-corrected chi connectivity index (χ1v) is 9.19. The molecule has 4 heteroatoms. The molecule has 0 radical (unpaired) electrons. The summed E-state index contributed by atoms with van der Waals surface area (Å²) in [6.45, 7) is 0. The number of rotatable bonds is 2. The van der Waals surface area contributed by atoms with Gasteiger partial charge < -0.3 is 4.57 Å². The van der Waals surface area contributed by atoms with Crippen molar-refractivity contribution in [2.45, 2.75) is 0 Å². The second-order valence-electron chi connectivity index (χ2n) is 6.76. The fourth-order valence-electron chi connectivity index (χ4n) is 3.83. The zero-order valence-corrected chi connectivity index (χ0v) is 15.4. The molecule has 4 nitrogen and oxygen atoms in total. The standard InChI is InChI=1S/C25H14N4/c26-14-17-9-12-25-22(13-17)21-6-2-4-8-24(21)29(25)23-7-3-1-5-20(23)18-10-11-19(15-27)28-16-18/h1-13,16H. The summed E-state index contributed by atoms with van der Waals surface area (Å²) in [7, 11) is 0. The third kappa shape index (κ3) is 2.64. The third-order valence-electron chi connectivity index (χ3n) is 5.14. The normalized spacial score (nSPS) is 10.7. The predicted octanol–water partition coefficient (Wildman–Crippen LogP) is 5.59. The highest BCUT2D eigenvalue weighted by molar-refractivity contribution is 6.10. The quantitative estimate of drug-likeness (QED) is 0.407. The van der Waals surface area contributed by atoms with Crippen molar-refractivity contribution in [1.82, 2.24) is 9.55 Å². The number of benzene rings is 3. The first-order valence-electron chi connectivity index (χ1n) is 9.19. The molecule has 0 aliphatic rings. The summed E-state index contributed by atoms with van der Waals surface area (Å²) in [5.41, 5.74) is 6.15. The molecule has 0 amide bonds. The Labute approximate surface area is 167 Å². The zero-order chi connectivity index (χ0) is 19.8. The Morgan fingerprint density at radius 1 is 0.724 bits per heavy atom. The monoisotopic (exact) mass is 370 g/mol. The minimum atomic E-state index is 0.395. The summed E-state index contributed by atoms with van der Waals surface area (Å²) in [6.07, 6.45) is 1.74. The Kier molecular flexibility index (Phi) is 3.83. The van der Waals surface area contributed by atoms with Crippen LogP contribution >= 0.6 is 0 Å². The number of fused-ring (bicyclic) bond motifs is 3. The maximum Gasteiger partial charge on any atom is 0.140 e. The van der Waals surface area contributed by atoms with E-state index in [-0.39, 0.29) is 0 Å². The van der Waals surface area contributed by atoms with E-state index in [2.05, 4.69) is 46.0 Å². The van der Waals surface area contributed by atoms with Crippen molar-refractivity contribution >= 4 is 21.8 Å². The first kappa shape index (κ1) is 16.7. The molecule has 5 rings (SSSR count). The van der Waals surface area contributed by atoms with Crippen LogP contribution in [0.5, 0.6) is 0 Å². The predicted molar refractivity (Wildman–Crippen MR) is 113 cm³/mol. The molecule has 3 aromatic carbocycles. The van der Waals surface area contributed by atoms with Crippen LogP contribution in [0.4, 0.5) is 0 Å². The van der Waals surface area contributed by atoms with Crippen molar-refractivity contribution in [1.29, 1.82) is 10.5 Å². The van der Waals surface area contributed by atoms with Gasteiger partial charge in [-0.1, -0.05) is 36.4 Å². The van der Waals surface area contributed by atoms with Gasteiger partial charge in [-0.15, -0.1) is 0 Å². The van der Waals surface area contributed by atoms with Crippen LogP contribution in [0.2, 0.25) is 0 Å². The molecule has 0 spiro atoms. The number of hydrogen-bond donors (Lipinski definition) is 0. The SMILES string of the molecule is N#Cc1ccc2c(c1)c1ccccc1n2-c1ccccc1-c1ccc(C#N)nc1. The van der Waals surface area contributed by atoms with E-state index in [4.69, 9.17) is 5.26 Å². The average molecular weight is 370 g/mol. The second-order valence-corrected chi connectivity index (χ2v) is 6.76. The van der Waals surface area contributed by atoms with Gasteiger partial charge in [-0.3, -0.25) is 0 Å². The lowest BCUT2D eigenvalue weighted by molar-refractivity contribution is 1.18. The number of hydrogen-bond acceptors (Lipinski definition) is 3. The summed E-state index contributed by atoms with van der Waals surface area (Å²) in [6, 6.07) is 30.1. The topological polar surface area (TPSA) is 65.4 Å². The van der Waals surface area contributed by atoms with Crippen molar-refractivity contribution in [3.63, 3.8) is 0 Å². The lowest BCUT2D eigenvalue weighted by Crippen LogP contribution is -1.97. The van der Waals surface area contributed by atoms with E-state index in [1.165, 1.54) is 0 Å². The fraction of sp³-hybridized carbons (Fsp3) is 0. The van der Waals surface area contributed by atoms with E-state index < -0.39 is 0 Å². The molecule has 0 atom stereocenters. The fourth-order valence-corrected chi connectivity index (χ4v) is 3.83. The zero-order valence-electron chi connectivity index (χ0n) is 15.4. The molecule has 0 aliphatic carbocycles. The highest BCUT2D eigenvalue weighted by Gasteiger charge is 2.15. The van der Waals surface area contributed by atoms with Gasteiger partial charge in [0.1, 0.15) is 11.8 Å². The molecule has 0 unspecified atom stereocenters. The van der Waals surface area contributed by atoms with Crippen LogP contribution in [0.15, 0.2) is 85.1 Å². The summed E-state index contributed by atoms with van der Waals surface area (Å²) in [5, 5.41) is 20.5. The Balaban J connectivity index is 1.85. The van der Waals surface area contributed by atoms with Crippen molar-refractivity contribution in [2.24, 2.45) is 0 Å². The molecule has 134 valence electrons. The van der Waals surface area contributed by atoms with Crippen LogP contribution in [-0.2, 0) is 0 Å². The molecular formula is C25H14N4. The molecule has 5 aromatic rings. The lowest BCUT2D eigenvalue weighted by atomic mass is 10.0. The summed E-state index contributed by atoms with van der Waals surface area (Å²) in [5.74, 6) is 0. The van der Waals surface area contributed by atoms with Gasteiger partial charge in [0.15, 0.2) is 0 Å². The number of aromatic nitrogens is 2. The Morgan fingerprint density at radius 3 is 2.31 bits per heavy atom. The molecule has 0 saturated heterocycles. The van der Waals surface area contributed by atoms with Crippen LogP contribution in [0.25, 0.3) is 38.6 Å². The highest BCUT2D eigenvalue weighted by atomic mass is 15.0. The molecule has 29 heavy (non-hydrogen) atoms. The highest BCUT2D eigenvalue weighted by Crippen LogP contribution is 2.36. The molecular weight excluding hydrogens is 356 g/mol. The lowest BCUT2D eigenvalue weighted by Gasteiger charge is -2.13. The van der Waals surface area contributed by atoms with Gasteiger partial charge in [0.2, 0.25) is 0 Å². The van der Waals surface area contributed by atoms with E-state index >= 15 is 0 Å². The first-order chi connectivity index (χ1) is 14.3.